The maximum atomic E-state index is 12.4. The molecule has 1 spiro atoms. The van der Waals surface area contributed by atoms with Crippen molar-refractivity contribution in [2.75, 3.05) is 0 Å². The van der Waals surface area contributed by atoms with Gasteiger partial charge < -0.3 is 4.18 Å². The maximum absolute atomic E-state index is 12.4. The van der Waals surface area contributed by atoms with Gasteiger partial charge in [-0.05, 0) is 86.3 Å². The van der Waals surface area contributed by atoms with Gasteiger partial charge in [-0.3, -0.25) is 0 Å². The second kappa shape index (κ2) is 7.64. The monoisotopic (exact) mass is 404 g/mol. The van der Waals surface area contributed by atoms with Crippen LogP contribution in [-0.4, -0.2) is 13.9 Å². The molecule has 0 aromatic heterocycles. The van der Waals surface area contributed by atoms with Crippen molar-refractivity contribution in [1.82, 2.24) is 0 Å². The van der Waals surface area contributed by atoms with Gasteiger partial charge in [-0.1, -0.05) is 25.5 Å². The fourth-order valence-electron chi connectivity index (χ4n) is 4.73. The minimum absolute atomic E-state index is 0.304. The summed E-state index contributed by atoms with van der Waals surface area (Å²) in [6, 6.07) is 6.01. The van der Waals surface area contributed by atoms with Crippen LogP contribution in [0.3, 0.4) is 0 Å². The first kappa shape index (κ1) is 20.5. The van der Waals surface area contributed by atoms with Crippen molar-refractivity contribution >= 4 is 10.1 Å². The van der Waals surface area contributed by atoms with Gasteiger partial charge in [0.15, 0.2) is 0 Å². The summed E-state index contributed by atoms with van der Waals surface area (Å²) in [5.41, 5.74) is -3.88. The van der Waals surface area contributed by atoms with Crippen LogP contribution in [0.5, 0.6) is 5.75 Å². The lowest BCUT2D eigenvalue weighted by Crippen LogP contribution is -2.31. The molecule has 1 aromatic carbocycles. The standard InChI is InChI=1S/C20H27F3O3S/c1-2-15-7-11-19(12-8-15)13-9-17(10-14-19)16-3-5-18(6-4-16)26-27(24,25)20(21,22)23/h3-6,15,17H,2,7-14H2,1H3. The Balaban J connectivity index is 1.58. The van der Waals surface area contributed by atoms with Crippen molar-refractivity contribution in [1.29, 1.82) is 0 Å². The van der Waals surface area contributed by atoms with Crippen LogP contribution in [0.25, 0.3) is 0 Å². The molecule has 3 rings (SSSR count). The number of halogens is 3. The minimum Gasteiger partial charge on any atom is -0.376 e. The zero-order chi connectivity index (χ0) is 19.7. The Morgan fingerprint density at radius 2 is 1.52 bits per heavy atom. The Bertz CT molecular complexity index is 723. The molecule has 0 aliphatic heterocycles. The fourth-order valence-corrected chi connectivity index (χ4v) is 5.19. The van der Waals surface area contributed by atoms with Crippen molar-refractivity contribution in [2.24, 2.45) is 11.3 Å². The Morgan fingerprint density at radius 1 is 1.00 bits per heavy atom. The Morgan fingerprint density at radius 3 is 2.00 bits per heavy atom. The normalized spacial score (nSPS) is 29.6. The largest absolute Gasteiger partial charge is 0.534 e. The Labute approximate surface area is 159 Å². The zero-order valence-electron chi connectivity index (χ0n) is 15.6. The SMILES string of the molecule is CCC1CCC2(CC1)CCC(c1ccc(OS(=O)(=O)C(F)(F)F)cc1)CC2. The molecule has 2 saturated carbocycles. The van der Waals surface area contributed by atoms with Crippen LogP contribution in [0, 0.1) is 11.3 Å². The summed E-state index contributed by atoms with van der Waals surface area (Å²) in [6.45, 7) is 2.27. The molecule has 1 aromatic rings. The molecule has 0 heterocycles. The molecule has 152 valence electrons. The van der Waals surface area contributed by atoms with Crippen LogP contribution >= 0.6 is 0 Å². The van der Waals surface area contributed by atoms with E-state index in [1.807, 2.05) is 0 Å². The van der Waals surface area contributed by atoms with Crippen molar-refractivity contribution in [3.63, 3.8) is 0 Å². The van der Waals surface area contributed by atoms with Gasteiger partial charge in [-0.15, -0.1) is 0 Å². The Hall–Kier alpha value is -1.24. The van der Waals surface area contributed by atoms with Crippen LogP contribution in [0.4, 0.5) is 13.2 Å². The molecule has 0 atom stereocenters. The summed E-state index contributed by atoms with van der Waals surface area (Å²) in [5, 5.41) is 0. The number of hydrogen-bond acceptors (Lipinski definition) is 3. The van der Waals surface area contributed by atoms with Crippen molar-refractivity contribution in [3.8, 4) is 5.75 Å². The van der Waals surface area contributed by atoms with Crippen molar-refractivity contribution < 1.29 is 25.8 Å². The van der Waals surface area contributed by atoms with E-state index in [4.69, 9.17) is 0 Å². The van der Waals surface area contributed by atoms with Crippen LogP contribution in [0.2, 0.25) is 0 Å². The van der Waals surface area contributed by atoms with E-state index in [0.717, 1.165) is 24.3 Å². The summed E-state index contributed by atoms with van der Waals surface area (Å²) < 4.78 is 63.5. The first-order valence-electron chi connectivity index (χ1n) is 9.75. The van der Waals surface area contributed by atoms with Crippen LogP contribution in [0.15, 0.2) is 24.3 Å². The maximum Gasteiger partial charge on any atom is 0.534 e. The van der Waals surface area contributed by atoms with Crippen LogP contribution in [0.1, 0.15) is 76.2 Å². The van der Waals surface area contributed by atoms with Gasteiger partial charge in [-0.2, -0.15) is 21.6 Å². The molecule has 0 unspecified atom stereocenters. The highest BCUT2D eigenvalue weighted by Crippen LogP contribution is 2.52. The smallest absolute Gasteiger partial charge is 0.376 e. The third-order valence-corrected chi connectivity index (χ3v) is 7.61. The van der Waals surface area contributed by atoms with Gasteiger partial charge in [0.2, 0.25) is 0 Å². The number of rotatable bonds is 4. The lowest BCUT2D eigenvalue weighted by molar-refractivity contribution is -0.0500. The van der Waals surface area contributed by atoms with Crippen LogP contribution < -0.4 is 4.18 Å². The van der Waals surface area contributed by atoms with Gasteiger partial charge in [0.05, 0.1) is 0 Å². The molecule has 2 fully saturated rings. The van der Waals surface area contributed by atoms with E-state index in [2.05, 4.69) is 11.1 Å². The average Bonchev–Trinajstić information content (AvgIpc) is 2.63. The lowest BCUT2D eigenvalue weighted by atomic mass is 9.60. The first-order chi connectivity index (χ1) is 12.6. The third kappa shape index (κ3) is 4.61. The molecule has 0 saturated heterocycles. The molecule has 7 heteroatoms. The summed E-state index contributed by atoms with van der Waals surface area (Å²) >= 11 is 0. The molecule has 0 N–H and O–H groups in total. The second-order valence-corrected chi connectivity index (χ2v) is 9.72. The highest BCUT2D eigenvalue weighted by molar-refractivity contribution is 7.88. The highest BCUT2D eigenvalue weighted by Gasteiger charge is 2.48. The van der Waals surface area contributed by atoms with Gasteiger partial charge >= 0.3 is 15.6 Å². The predicted octanol–water partition coefficient (Wildman–Crippen LogP) is 6.16. The number of alkyl halides is 3. The van der Waals surface area contributed by atoms with Crippen molar-refractivity contribution in [3.05, 3.63) is 29.8 Å². The van der Waals surface area contributed by atoms with Gasteiger partial charge in [0.25, 0.3) is 0 Å². The topological polar surface area (TPSA) is 43.4 Å². The summed E-state index contributed by atoms with van der Waals surface area (Å²) in [6.07, 6.45) is 11.2. The van der Waals surface area contributed by atoms with Gasteiger partial charge in [0.1, 0.15) is 5.75 Å². The van der Waals surface area contributed by atoms with Gasteiger partial charge in [-0.25, -0.2) is 0 Å². The van der Waals surface area contributed by atoms with E-state index in [0.29, 0.717) is 11.3 Å². The number of hydrogen-bond donors (Lipinski definition) is 0. The predicted molar refractivity (Wildman–Crippen MR) is 97.9 cm³/mol. The average molecular weight is 404 g/mol. The molecular weight excluding hydrogens is 377 g/mol. The van der Waals surface area contributed by atoms with E-state index < -0.39 is 15.6 Å². The fraction of sp³-hybridized carbons (Fsp3) is 0.700. The summed E-state index contributed by atoms with van der Waals surface area (Å²) in [5.74, 6) is 0.961. The molecule has 0 radical (unpaired) electrons. The lowest BCUT2D eigenvalue weighted by Gasteiger charge is -2.45. The van der Waals surface area contributed by atoms with E-state index >= 15 is 0 Å². The van der Waals surface area contributed by atoms with Gasteiger partial charge in [0, 0.05) is 0 Å². The van der Waals surface area contributed by atoms with E-state index in [-0.39, 0.29) is 5.75 Å². The third-order valence-electron chi connectivity index (χ3n) is 6.63. The van der Waals surface area contributed by atoms with E-state index in [9.17, 15) is 21.6 Å². The molecule has 0 bridgehead atoms. The second-order valence-electron chi connectivity index (χ2n) is 8.18. The summed E-state index contributed by atoms with van der Waals surface area (Å²) in [7, 11) is -5.61. The minimum atomic E-state index is -5.61. The highest BCUT2D eigenvalue weighted by atomic mass is 32.2. The summed E-state index contributed by atoms with van der Waals surface area (Å²) in [4.78, 5) is 0. The molecular formula is C20H27F3O3S. The van der Waals surface area contributed by atoms with Crippen molar-refractivity contribution in [2.45, 2.75) is 76.1 Å². The molecule has 2 aliphatic rings. The molecule has 0 amide bonds. The van der Waals surface area contributed by atoms with E-state index in [1.54, 1.807) is 12.1 Å². The first-order valence-corrected chi connectivity index (χ1v) is 11.2. The quantitative estimate of drug-likeness (QED) is 0.446. The zero-order valence-corrected chi connectivity index (χ0v) is 16.4. The van der Waals surface area contributed by atoms with E-state index in [1.165, 1.54) is 57.1 Å². The molecule has 3 nitrogen and oxygen atoms in total. The van der Waals surface area contributed by atoms with Crippen LogP contribution in [-0.2, 0) is 10.1 Å². The number of benzene rings is 1. The Kier molecular flexibility index (Phi) is 5.80. The molecule has 2 aliphatic carbocycles. The molecule has 27 heavy (non-hydrogen) atoms.